The van der Waals surface area contributed by atoms with E-state index in [0.29, 0.717) is 5.69 Å². The van der Waals surface area contributed by atoms with Gasteiger partial charge in [-0.15, -0.1) is 0 Å². The fourth-order valence-electron chi connectivity index (χ4n) is 1.50. The molecule has 0 aromatic heterocycles. The third-order valence-corrected chi connectivity index (χ3v) is 2.09. The van der Waals surface area contributed by atoms with Gasteiger partial charge in [0.25, 0.3) is 0 Å². The van der Waals surface area contributed by atoms with Crippen molar-refractivity contribution in [3.05, 3.63) is 29.3 Å². The van der Waals surface area contributed by atoms with E-state index in [2.05, 4.69) is 10.6 Å². The summed E-state index contributed by atoms with van der Waals surface area (Å²) < 4.78 is 0. The van der Waals surface area contributed by atoms with Crippen LogP contribution in [0.2, 0.25) is 0 Å². The van der Waals surface area contributed by atoms with Crippen LogP contribution in [0.5, 0.6) is 0 Å². The van der Waals surface area contributed by atoms with Crippen LogP contribution in [0, 0.1) is 0 Å². The second-order valence-corrected chi connectivity index (χ2v) is 3.02. The van der Waals surface area contributed by atoms with Crippen molar-refractivity contribution in [3.63, 3.8) is 0 Å². The van der Waals surface area contributed by atoms with Crippen molar-refractivity contribution in [2.75, 3.05) is 5.32 Å². The van der Waals surface area contributed by atoms with Crippen molar-refractivity contribution in [1.82, 2.24) is 5.32 Å². The topological polar surface area (TPSA) is 61.4 Å². The molecule has 1 aliphatic rings. The van der Waals surface area contributed by atoms with Crippen molar-refractivity contribution >= 4 is 11.8 Å². The lowest BCUT2D eigenvalue weighted by Gasteiger charge is -2.02. The first kappa shape index (κ1) is 8.07. The Morgan fingerprint density at radius 2 is 2.15 bits per heavy atom. The van der Waals surface area contributed by atoms with Crippen LogP contribution < -0.4 is 10.6 Å². The minimum absolute atomic E-state index is 0.634. The summed E-state index contributed by atoms with van der Waals surface area (Å²) in [6.45, 7) is 1.70. The van der Waals surface area contributed by atoms with Crippen LogP contribution in [-0.2, 0) is 13.1 Å². The summed E-state index contributed by atoms with van der Waals surface area (Å²) in [5, 5.41) is 14.0. The van der Waals surface area contributed by atoms with E-state index in [9.17, 15) is 4.79 Å². The van der Waals surface area contributed by atoms with Crippen LogP contribution in [0.25, 0.3) is 0 Å². The van der Waals surface area contributed by atoms with Gasteiger partial charge in [-0.1, -0.05) is 6.07 Å². The molecule has 4 heteroatoms. The van der Waals surface area contributed by atoms with Crippen molar-refractivity contribution in [1.29, 1.82) is 0 Å². The Morgan fingerprint density at radius 1 is 1.38 bits per heavy atom. The molecule has 1 amide bonds. The second kappa shape index (κ2) is 3.06. The molecule has 0 radical (unpaired) electrons. The third kappa shape index (κ3) is 1.62. The van der Waals surface area contributed by atoms with Gasteiger partial charge in [-0.25, -0.2) is 4.79 Å². The Kier molecular flexibility index (Phi) is 1.90. The first-order chi connectivity index (χ1) is 6.25. The summed E-state index contributed by atoms with van der Waals surface area (Å²) in [5.74, 6) is 0. The van der Waals surface area contributed by atoms with Gasteiger partial charge in [0.15, 0.2) is 0 Å². The zero-order valence-electron chi connectivity index (χ0n) is 7.00. The molecule has 2 rings (SSSR count). The Morgan fingerprint density at radius 3 is 2.92 bits per heavy atom. The van der Waals surface area contributed by atoms with Gasteiger partial charge in [0.05, 0.1) is 0 Å². The van der Waals surface area contributed by atoms with E-state index >= 15 is 0 Å². The predicted octanol–water partition coefficient (Wildman–Crippen LogP) is 1.38. The summed E-state index contributed by atoms with van der Waals surface area (Å²) >= 11 is 0. The van der Waals surface area contributed by atoms with Gasteiger partial charge in [-0.3, -0.25) is 5.32 Å². The molecule has 0 unspecified atom stereocenters. The summed E-state index contributed by atoms with van der Waals surface area (Å²) in [7, 11) is 0. The van der Waals surface area contributed by atoms with Gasteiger partial charge in [0.1, 0.15) is 0 Å². The number of hydrogen-bond donors (Lipinski definition) is 3. The normalized spacial score (nSPS) is 13.8. The van der Waals surface area contributed by atoms with Gasteiger partial charge in [-0.2, -0.15) is 0 Å². The first-order valence-electron chi connectivity index (χ1n) is 4.08. The summed E-state index contributed by atoms with van der Waals surface area (Å²) in [6.07, 6.45) is -1.02. The molecule has 0 atom stereocenters. The number of benzene rings is 1. The number of nitrogens with one attached hydrogen (secondary N) is 2. The Labute approximate surface area is 75.6 Å². The molecule has 1 aromatic rings. The quantitative estimate of drug-likeness (QED) is 0.608. The first-order valence-corrected chi connectivity index (χ1v) is 4.08. The van der Waals surface area contributed by atoms with Gasteiger partial charge in [-0.05, 0) is 23.3 Å². The maximum atomic E-state index is 10.3. The van der Waals surface area contributed by atoms with Crippen LogP contribution in [0.4, 0.5) is 10.5 Å². The highest BCUT2D eigenvalue weighted by Gasteiger charge is 2.10. The minimum atomic E-state index is -1.02. The molecule has 0 saturated heterocycles. The molecule has 68 valence electrons. The number of carbonyl (C=O) groups is 1. The van der Waals surface area contributed by atoms with Crippen molar-refractivity contribution in [2.24, 2.45) is 0 Å². The highest BCUT2D eigenvalue weighted by molar-refractivity contribution is 5.83. The highest BCUT2D eigenvalue weighted by Crippen LogP contribution is 2.19. The second-order valence-electron chi connectivity index (χ2n) is 3.02. The zero-order chi connectivity index (χ0) is 9.26. The van der Waals surface area contributed by atoms with Gasteiger partial charge in [0.2, 0.25) is 0 Å². The van der Waals surface area contributed by atoms with Crippen molar-refractivity contribution in [2.45, 2.75) is 13.1 Å². The maximum Gasteiger partial charge on any atom is 0.409 e. The van der Waals surface area contributed by atoms with E-state index in [1.54, 1.807) is 6.07 Å². The van der Waals surface area contributed by atoms with Crippen LogP contribution in [0.15, 0.2) is 18.2 Å². The lowest BCUT2D eigenvalue weighted by atomic mass is 10.1. The molecular weight excluding hydrogens is 168 g/mol. The SMILES string of the molecule is O=C(O)Nc1ccc2c(c1)CNC2. The summed E-state index contributed by atoms with van der Waals surface area (Å²) in [6, 6.07) is 5.59. The smallest absolute Gasteiger partial charge is 0.409 e. The van der Waals surface area contributed by atoms with Gasteiger partial charge < -0.3 is 10.4 Å². The van der Waals surface area contributed by atoms with Crippen LogP contribution in [-0.4, -0.2) is 11.2 Å². The molecule has 0 bridgehead atoms. The predicted molar refractivity (Wildman–Crippen MR) is 48.6 cm³/mol. The molecule has 1 aliphatic heterocycles. The van der Waals surface area contributed by atoms with Gasteiger partial charge in [0, 0.05) is 18.8 Å². The van der Waals surface area contributed by atoms with Crippen LogP contribution in [0.1, 0.15) is 11.1 Å². The molecule has 3 N–H and O–H groups in total. The zero-order valence-corrected chi connectivity index (χ0v) is 7.00. The van der Waals surface area contributed by atoms with Crippen molar-refractivity contribution < 1.29 is 9.90 Å². The Bertz CT molecular complexity index is 349. The number of hydrogen-bond acceptors (Lipinski definition) is 2. The fraction of sp³-hybridized carbons (Fsp3) is 0.222. The number of amides is 1. The number of fused-ring (bicyclic) bond motifs is 1. The van der Waals surface area contributed by atoms with E-state index in [4.69, 9.17) is 5.11 Å². The minimum Gasteiger partial charge on any atom is -0.465 e. The molecule has 13 heavy (non-hydrogen) atoms. The molecule has 0 fully saturated rings. The largest absolute Gasteiger partial charge is 0.465 e. The van der Waals surface area contributed by atoms with E-state index in [1.807, 2.05) is 12.1 Å². The monoisotopic (exact) mass is 178 g/mol. The lowest BCUT2D eigenvalue weighted by Crippen LogP contribution is -2.07. The van der Waals surface area contributed by atoms with E-state index < -0.39 is 6.09 Å². The lowest BCUT2D eigenvalue weighted by molar-refractivity contribution is 0.210. The summed E-state index contributed by atoms with van der Waals surface area (Å²) in [5.41, 5.74) is 3.05. The van der Waals surface area contributed by atoms with Gasteiger partial charge >= 0.3 is 6.09 Å². The molecule has 1 heterocycles. The Hall–Kier alpha value is -1.55. The average Bonchev–Trinajstić information content (AvgIpc) is 2.49. The molecule has 1 aromatic carbocycles. The average molecular weight is 178 g/mol. The molecule has 0 aliphatic carbocycles. The van der Waals surface area contributed by atoms with Crippen molar-refractivity contribution in [3.8, 4) is 0 Å². The van der Waals surface area contributed by atoms with E-state index in [1.165, 1.54) is 11.1 Å². The molecule has 0 saturated carbocycles. The highest BCUT2D eigenvalue weighted by atomic mass is 16.4. The summed E-state index contributed by atoms with van der Waals surface area (Å²) in [4.78, 5) is 10.3. The molecular formula is C9H10N2O2. The maximum absolute atomic E-state index is 10.3. The van der Waals surface area contributed by atoms with E-state index in [-0.39, 0.29) is 0 Å². The molecule has 0 spiro atoms. The van der Waals surface area contributed by atoms with Crippen LogP contribution in [0.3, 0.4) is 0 Å². The molecule has 4 nitrogen and oxygen atoms in total. The fourth-order valence-corrected chi connectivity index (χ4v) is 1.50. The number of carboxylic acid groups (broad SMARTS) is 1. The number of rotatable bonds is 1. The van der Waals surface area contributed by atoms with E-state index in [0.717, 1.165) is 13.1 Å². The Balaban J connectivity index is 2.25. The third-order valence-electron chi connectivity index (χ3n) is 2.09. The van der Waals surface area contributed by atoms with Crippen LogP contribution >= 0.6 is 0 Å². The standard InChI is InChI=1S/C9H10N2O2/c12-9(13)11-8-2-1-6-4-10-5-7(6)3-8/h1-3,10-11H,4-5H2,(H,12,13). The number of anilines is 1.